The fourth-order valence-corrected chi connectivity index (χ4v) is 1.39. The number of hydrogen-bond donors (Lipinski definition) is 0. The number of rotatable bonds is 1. The summed E-state index contributed by atoms with van der Waals surface area (Å²) in [5, 5.41) is 0. The Bertz CT molecular complexity index is 289. The summed E-state index contributed by atoms with van der Waals surface area (Å²) in [6, 6.07) is 0. The highest BCUT2D eigenvalue weighted by molar-refractivity contribution is 5.38. The van der Waals surface area contributed by atoms with Crippen molar-refractivity contribution in [3.63, 3.8) is 0 Å². The summed E-state index contributed by atoms with van der Waals surface area (Å²) in [5.74, 6) is 0.806. The Morgan fingerprint density at radius 2 is 2.08 bits per heavy atom. The van der Waals surface area contributed by atoms with Gasteiger partial charge in [0, 0.05) is 0 Å². The van der Waals surface area contributed by atoms with Gasteiger partial charge in [-0.1, -0.05) is 6.08 Å². The van der Waals surface area contributed by atoms with Crippen molar-refractivity contribution in [3.8, 4) is 0 Å². The van der Waals surface area contributed by atoms with E-state index in [-0.39, 0.29) is 12.2 Å². The first-order valence-corrected chi connectivity index (χ1v) is 4.27. The third-order valence-corrected chi connectivity index (χ3v) is 2.06. The topological polar surface area (TPSA) is 27.7 Å². The average Bonchev–Trinajstić information content (AvgIpc) is 2.17. The maximum absolute atomic E-state index is 5.15. The number of hydrogen-bond acceptors (Lipinski definition) is 3. The molecular formula is C10H12O3. The highest BCUT2D eigenvalue weighted by Gasteiger charge is 2.22. The molecular weight excluding hydrogens is 168 g/mol. The van der Waals surface area contributed by atoms with E-state index >= 15 is 0 Å². The van der Waals surface area contributed by atoms with Crippen LogP contribution >= 0.6 is 0 Å². The van der Waals surface area contributed by atoms with Crippen LogP contribution in [0.15, 0.2) is 35.6 Å². The van der Waals surface area contributed by atoms with E-state index in [1.165, 1.54) is 0 Å². The van der Waals surface area contributed by atoms with Gasteiger partial charge in [-0.2, -0.15) is 0 Å². The van der Waals surface area contributed by atoms with E-state index in [1.54, 1.807) is 7.11 Å². The number of allylic oxidation sites excluding steroid dienone is 1. The second-order valence-electron chi connectivity index (χ2n) is 3.09. The van der Waals surface area contributed by atoms with Crippen LogP contribution in [0.2, 0.25) is 0 Å². The minimum absolute atomic E-state index is 0.0217. The zero-order valence-corrected chi connectivity index (χ0v) is 7.69. The van der Waals surface area contributed by atoms with E-state index in [2.05, 4.69) is 0 Å². The van der Waals surface area contributed by atoms with E-state index in [9.17, 15) is 0 Å². The van der Waals surface area contributed by atoms with E-state index < -0.39 is 0 Å². The van der Waals surface area contributed by atoms with Gasteiger partial charge >= 0.3 is 0 Å². The second kappa shape index (κ2) is 3.36. The molecule has 0 amide bonds. The molecule has 0 fully saturated rings. The minimum atomic E-state index is -0.115. The van der Waals surface area contributed by atoms with Gasteiger partial charge in [-0.25, -0.2) is 9.78 Å². The van der Waals surface area contributed by atoms with E-state index in [1.807, 2.05) is 31.2 Å². The standard InChI is InChI=1S/C10H12O3/c1-7-5-8-3-4-9(11-2)6-10(8)13-12-7/h3-7,10H,1-2H3/t7-,10+/m0/s1. The molecule has 3 heteroatoms. The molecule has 13 heavy (non-hydrogen) atoms. The molecule has 0 bridgehead atoms. The predicted octanol–water partition coefficient (Wildman–Crippen LogP) is 1.73. The van der Waals surface area contributed by atoms with Crippen molar-refractivity contribution in [2.75, 3.05) is 7.11 Å². The second-order valence-corrected chi connectivity index (χ2v) is 3.09. The summed E-state index contributed by atoms with van der Waals surface area (Å²) >= 11 is 0. The summed E-state index contributed by atoms with van der Waals surface area (Å²) in [4.78, 5) is 10.2. The van der Waals surface area contributed by atoms with Crippen LogP contribution in [0.1, 0.15) is 6.92 Å². The maximum atomic E-state index is 5.15. The molecule has 0 unspecified atom stereocenters. The largest absolute Gasteiger partial charge is 0.497 e. The Morgan fingerprint density at radius 3 is 2.85 bits per heavy atom. The van der Waals surface area contributed by atoms with Gasteiger partial charge in [0.25, 0.3) is 0 Å². The normalized spacial score (nSPS) is 31.8. The highest BCUT2D eigenvalue weighted by Crippen LogP contribution is 2.24. The van der Waals surface area contributed by atoms with E-state index in [0.717, 1.165) is 11.3 Å². The molecule has 0 spiro atoms. The monoisotopic (exact) mass is 180 g/mol. The molecule has 0 saturated carbocycles. The van der Waals surface area contributed by atoms with E-state index in [0.29, 0.717) is 0 Å². The van der Waals surface area contributed by atoms with Crippen LogP contribution in [0.3, 0.4) is 0 Å². The predicted molar refractivity (Wildman–Crippen MR) is 47.7 cm³/mol. The Hall–Kier alpha value is -1.06. The molecule has 0 radical (unpaired) electrons. The summed E-state index contributed by atoms with van der Waals surface area (Å²) in [7, 11) is 1.64. The zero-order chi connectivity index (χ0) is 9.26. The van der Waals surface area contributed by atoms with Crippen LogP contribution < -0.4 is 0 Å². The number of methoxy groups -OCH3 is 1. The van der Waals surface area contributed by atoms with Gasteiger partial charge in [-0.15, -0.1) is 0 Å². The third kappa shape index (κ3) is 1.66. The highest BCUT2D eigenvalue weighted by atomic mass is 17.2. The summed E-state index contributed by atoms with van der Waals surface area (Å²) < 4.78 is 5.08. The van der Waals surface area contributed by atoms with Crippen LogP contribution in [0.5, 0.6) is 0 Å². The van der Waals surface area contributed by atoms with Crippen molar-refractivity contribution in [2.24, 2.45) is 0 Å². The van der Waals surface area contributed by atoms with Gasteiger partial charge in [-0.05, 0) is 30.7 Å². The van der Waals surface area contributed by atoms with Crippen molar-refractivity contribution in [3.05, 3.63) is 35.6 Å². The molecule has 0 saturated heterocycles. The smallest absolute Gasteiger partial charge is 0.140 e. The molecule has 1 aliphatic carbocycles. The van der Waals surface area contributed by atoms with Gasteiger partial charge in [0.15, 0.2) is 0 Å². The first-order valence-electron chi connectivity index (χ1n) is 4.27. The molecule has 0 aromatic rings. The summed E-state index contributed by atoms with van der Waals surface area (Å²) in [6.07, 6.45) is 7.74. The lowest BCUT2D eigenvalue weighted by Crippen LogP contribution is -2.24. The Kier molecular flexibility index (Phi) is 2.20. The maximum Gasteiger partial charge on any atom is 0.140 e. The lowest BCUT2D eigenvalue weighted by molar-refractivity contribution is -0.329. The van der Waals surface area contributed by atoms with Gasteiger partial charge < -0.3 is 4.74 Å². The Morgan fingerprint density at radius 1 is 1.23 bits per heavy atom. The number of fused-ring (bicyclic) bond motifs is 1. The Balaban J connectivity index is 2.22. The molecule has 0 aromatic carbocycles. The first kappa shape index (κ1) is 8.53. The molecule has 2 rings (SSSR count). The van der Waals surface area contributed by atoms with Crippen LogP contribution in [0.4, 0.5) is 0 Å². The molecule has 0 aromatic heterocycles. The summed E-state index contributed by atoms with van der Waals surface area (Å²) in [5.41, 5.74) is 1.12. The zero-order valence-electron chi connectivity index (χ0n) is 7.69. The molecule has 2 atom stereocenters. The van der Waals surface area contributed by atoms with Gasteiger partial charge in [0.2, 0.25) is 0 Å². The van der Waals surface area contributed by atoms with Gasteiger partial charge in [0.05, 0.1) is 7.11 Å². The quantitative estimate of drug-likeness (QED) is 0.575. The van der Waals surface area contributed by atoms with Crippen molar-refractivity contribution in [1.82, 2.24) is 0 Å². The first-order chi connectivity index (χ1) is 6.29. The van der Waals surface area contributed by atoms with Crippen molar-refractivity contribution < 1.29 is 14.5 Å². The van der Waals surface area contributed by atoms with Gasteiger partial charge in [0.1, 0.15) is 18.0 Å². The fourth-order valence-electron chi connectivity index (χ4n) is 1.39. The number of ether oxygens (including phenoxy) is 1. The van der Waals surface area contributed by atoms with Crippen molar-refractivity contribution >= 4 is 0 Å². The van der Waals surface area contributed by atoms with Crippen molar-refractivity contribution in [2.45, 2.75) is 19.1 Å². The van der Waals surface area contributed by atoms with Crippen LogP contribution in [0, 0.1) is 0 Å². The molecule has 1 heterocycles. The molecule has 2 aliphatic rings. The van der Waals surface area contributed by atoms with Crippen LogP contribution in [-0.2, 0) is 14.5 Å². The minimum Gasteiger partial charge on any atom is -0.497 e. The molecule has 1 aliphatic heterocycles. The molecule has 3 nitrogen and oxygen atoms in total. The Labute approximate surface area is 77.2 Å². The van der Waals surface area contributed by atoms with Crippen LogP contribution in [-0.4, -0.2) is 19.3 Å². The fraction of sp³-hybridized carbons (Fsp3) is 0.400. The lowest BCUT2D eigenvalue weighted by Gasteiger charge is -2.25. The van der Waals surface area contributed by atoms with Crippen LogP contribution in [0.25, 0.3) is 0 Å². The molecule has 70 valence electrons. The SMILES string of the molecule is COC1=C[C@H]2OO[C@@H](C)C=C2C=C1. The van der Waals surface area contributed by atoms with E-state index in [4.69, 9.17) is 14.5 Å². The summed E-state index contributed by atoms with van der Waals surface area (Å²) in [6.45, 7) is 1.94. The molecule has 0 N–H and O–H groups in total. The average molecular weight is 180 g/mol. The lowest BCUT2D eigenvalue weighted by atomic mass is 10.0. The van der Waals surface area contributed by atoms with Crippen molar-refractivity contribution in [1.29, 1.82) is 0 Å². The van der Waals surface area contributed by atoms with Gasteiger partial charge in [-0.3, -0.25) is 0 Å². The third-order valence-electron chi connectivity index (χ3n) is 2.06.